The molecule has 1 atom stereocenters. The molecule has 2 aliphatic heterocycles. The highest BCUT2D eigenvalue weighted by Gasteiger charge is 2.28. The first-order chi connectivity index (χ1) is 15.6. The van der Waals surface area contributed by atoms with Gasteiger partial charge in [0, 0.05) is 57.9 Å². The highest BCUT2D eigenvalue weighted by molar-refractivity contribution is 6.07. The average Bonchev–Trinajstić information content (AvgIpc) is 3.19. The Labute approximate surface area is 189 Å². The largest absolute Gasteiger partial charge is 0.328 e. The normalized spacial score (nSPS) is 24.3. The molecule has 8 heteroatoms. The van der Waals surface area contributed by atoms with E-state index in [2.05, 4.69) is 39.3 Å². The molecule has 2 aromatic rings. The topological polar surface area (TPSA) is 73.2 Å². The van der Waals surface area contributed by atoms with Gasteiger partial charge in [0.25, 0.3) is 0 Å². The van der Waals surface area contributed by atoms with Crippen molar-refractivity contribution in [2.24, 2.45) is 5.92 Å². The molecule has 0 spiro atoms. The van der Waals surface area contributed by atoms with Crippen LogP contribution in [0.1, 0.15) is 51.0 Å². The first-order valence-corrected chi connectivity index (χ1v) is 12.1. The molecule has 3 fully saturated rings. The number of carbonyl (C=O) groups is 2. The van der Waals surface area contributed by atoms with Crippen LogP contribution in [0.5, 0.6) is 0 Å². The maximum atomic E-state index is 12.3. The Morgan fingerprint density at radius 3 is 2.75 bits per heavy atom. The van der Waals surface area contributed by atoms with Crippen LogP contribution in [0, 0.1) is 5.92 Å². The Hall–Kier alpha value is -2.45. The summed E-state index contributed by atoms with van der Waals surface area (Å²) in [6.07, 6.45) is 11.0. The van der Waals surface area contributed by atoms with Gasteiger partial charge in [0.2, 0.25) is 5.91 Å². The molecule has 4 heterocycles. The van der Waals surface area contributed by atoms with E-state index in [1.165, 1.54) is 44.2 Å². The van der Waals surface area contributed by atoms with Gasteiger partial charge >= 0.3 is 6.03 Å². The smallest absolute Gasteiger partial charge is 0.298 e. The molecular formula is C24H34N6O2. The molecule has 1 N–H and O–H groups in total. The fourth-order valence-electron chi connectivity index (χ4n) is 5.56. The van der Waals surface area contributed by atoms with Crippen molar-refractivity contribution in [3.63, 3.8) is 0 Å². The SMILES string of the molecule is C[C@H]1CN(Cc2ccn3ncc(N4CCC(=O)NC4=O)c3c2)CCN1CC1CCCCC1. The van der Waals surface area contributed by atoms with Gasteiger partial charge in [-0.15, -0.1) is 0 Å². The summed E-state index contributed by atoms with van der Waals surface area (Å²) in [7, 11) is 0. The lowest BCUT2D eigenvalue weighted by molar-refractivity contribution is -0.120. The molecule has 0 radical (unpaired) electrons. The summed E-state index contributed by atoms with van der Waals surface area (Å²) in [5.41, 5.74) is 2.87. The number of anilines is 1. The Balaban J connectivity index is 1.24. The van der Waals surface area contributed by atoms with Crippen LogP contribution < -0.4 is 10.2 Å². The fourth-order valence-corrected chi connectivity index (χ4v) is 5.56. The second-order valence-corrected chi connectivity index (χ2v) is 9.73. The molecule has 8 nitrogen and oxygen atoms in total. The van der Waals surface area contributed by atoms with E-state index >= 15 is 0 Å². The minimum Gasteiger partial charge on any atom is -0.298 e. The second-order valence-electron chi connectivity index (χ2n) is 9.73. The maximum Gasteiger partial charge on any atom is 0.328 e. The molecule has 172 valence electrons. The van der Waals surface area contributed by atoms with Crippen LogP contribution in [0.25, 0.3) is 5.52 Å². The number of piperazine rings is 1. The van der Waals surface area contributed by atoms with Crippen LogP contribution in [-0.2, 0) is 11.3 Å². The monoisotopic (exact) mass is 438 g/mol. The predicted molar refractivity (Wildman–Crippen MR) is 124 cm³/mol. The van der Waals surface area contributed by atoms with E-state index in [1.54, 1.807) is 15.6 Å². The van der Waals surface area contributed by atoms with E-state index < -0.39 is 0 Å². The first-order valence-electron chi connectivity index (χ1n) is 12.1. The van der Waals surface area contributed by atoms with Gasteiger partial charge < -0.3 is 0 Å². The van der Waals surface area contributed by atoms with E-state index in [4.69, 9.17) is 0 Å². The van der Waals surface area contributed by atoms with Crippen molar-refractivity contribution >= 4 is 23.1 Å². The van der Waals surface area contributed by atoms with Gasteiger partial charge in [-0.3, -0.25) is 24.8 Å². The van der Waals surface area contributed by atoms with Crippen molar-refractivity contribution in [1.29, 1.82) is 0 Å². The molecule has 0 unspecified atom stereocenters. The van der Waals surface area contributed by atoms with Gasteiger partial charge in [-0.1, -0.05) is 19.3 Å². The summed E-state index contributed by atoms with van der Waals surface area (Å²) < 4.78 is 1.80. The summed E-state index contributed by atoms with van der Waals surface area (Å²) in [4.78, 5) is 30.6. The summed E-state index contributed by atoms with van der Waals surface area (Å²) in [6, 6.07) is 4.45. The van der Waals surface area contributed by atoms with E-state index in [0.29, 0.717) is 19.0 Å². The molecule has 3 amide bonds. The van der Waals surface area contributed by atoms with Crippen molar-refractivity contribution < 1.29 is 9.59 Å². The number of nitrogens with zero attached hydrogens (tertiary/aromatic N) is 5. The first kappa shape index (κ1) is 21.4. The zero-order valence-electron chi connectivity index (χ0n) is 19.0. The van der Waals surface area contributed by atoms with Crippen molar-refractivity contribution in [3.8, 4) is 0 Å². The van der Waals surface area contributed by atoms with Crippen LogP contribution in [0.4, 0.5) is 10.5 Å². The fraction of sp³-hybridized carbons (Fsp3) is 0.625. The van der Waals surface area contributed by atoms with Crippen LogP contribution >= 0.6 is 0 Å². The van der Waals surface area contributed by atoms with Crippen molar-refractivity contribution in [3.05, 3.63) is 30.1 Å². The van der Waals surface area contributed by atoms with Crippen LogP contribution in [0.3, 0.4) is 0 Å². The quantitative estimate of drug-likeness (QED) is 0.777. The Bertz CT molecular complexity index is 982. The molecule has 3 aliphatic rings. The molecule has 1 aliphatic carbocycles. The summed E-state index contributed by atoms with van der Waals surface area (Å²) >= 11 is 0. The van der Waals surface area contributed by atoms with E-state index in [0.717, 1.165) is 43.3 Å². The number of fused-ring (bicyclic) bond motifs is 1. The van der Waals surface area contributed by atoms with Gasteiger partial charge in [0.15, 0.2) is 0 Å². The Morgan fingerprint density at radius 2 is 1.97 bits per heavy atom. The van der Waals surface area contributed by atoms with E-state index in [9.17, 15) is 9.59 Å². The molecule has 5 rings (SSSR count). The lowest BCUT2D eigenvalue weighted by Gasteiger charge is -2.42. The van der Waals surface area contributed by atoms with Crippen LogP contribution in [0.15, 0.2) is 24.5 Å². The standard InChI is InChI=1S/C24H34N6O2/c1-18-15-27(11-12-28(18)17-19-5-3-2-4-6-19)16-20-7-10-30-21(13-20)22(14-25-30)29-9-8-23(31)26-24(29)32/h7,10,13-14,18-19H,2-6,8-9,11-12,15-17H2,1H3,(H,26,31,32)/t18-/m0/s1. The zero-order chi connectivity index (χ0) is 22.1. The van der Waals surface area contributed by atoms with Gasteiger partial charge in [0.1, 0.15) is 0 Å². The van der Waals surface area contributed by atoms with Crippen molar-refractivity contribution in [2.75, 3.05) is 37.6 Å². The number of hydrogen-bond donors (Lipinski definition) is 1. The lowest BCUT2D eigenvalue weighted by atomic mass is 9.88. The lowest BCUT2D eigenvalue weighted by Crippen LogP contribution is -2.52. The zero-order valence-corrected chi connectivity index (χ0v) is 19.0. The number of imide groups is 1. The molecule has 2 saturated heterocycles. The van der Waals surface area contributed by atoms with E-state index in [1.807, 2.05) is 6.20 Å². The minimum atomic E-state index is -0.371. The number of urea groups is 1. The molecule has 0 bridgehead atoms. The van der Waals surface area contributed by atoms with Crippen LogP contribution in [-0.4, -0.2) is 70.1 Å². The Kier molecular flexibility index (Phi) is 6.15. The molecular weight excluding hydrogens is 404 g/mol. The summed E-state index contributed by atoms with van der Waals surface area (Å²) in [5.74, 6) is 0.669. The number of carbonyl (C=O) groups excluding carboxylic acids is 2. The number of rotatable bonds is 5. The van der Waals surface area contributed by atoms with Gasteiger partial charge in [-0.05, 0) is 43.4 Å². The third-order valence-electron chi connectivity index (χ3n) is 7.38. The number of pyridine rings is 1. The minimum absolute atomic E-state index is 0.222. The van der Waals surface area contributed by atoms with Gasteiger partial charge in [-0.25, -0.2) is 9.31 Å². The third-order valence-corrected chi connectivity index (χ3v) is 7.38. The van der Waals surface area contributed by atoms with Gasteiger partial charge in [-0.2, -0.15) is 5.10 Å². The number of nitrogens with one attached hydrogen (secondary N) is 1. The molecule has 1 saturated carbocycles. The third kappa shape index (κ3) is 4.52. The number of hydrogen-bond acceptors (Lipinski definition) is 5. The second kappa shape index (κ2) is 9.19. The molecule has 32 heavy (non-hydrogen) atoms. The van der Waals surface area contributed by atoms with Gasteiger partial charge in [0.05, 0.1) is 17.4 Å². The van der Waals surface area contributed by atoms with Crippen molar-refractivity contribution in [2.45, 2.75) is 58.0 Å². The van der Waals surface area contributed by atoms with Crippen molar-refractivity contribution in [1.82, 2.24) is 24.7 Å². The number of amides is 3. The maximum absolute atomic E-state index is 12.3. The Morgan fingerprint density at radius 1 is 1.12 bits per heavy atom. The summed E-state index contributed by atoms with van der Waals surface area (Å²) in [5, 5.41) is 6.80. The van der Waals surface area contributed by atoms with Crippen LogP contribution in [0.2, 0.25) is 0 Å². The number of aromatic nitrogens is 2. The highest BCUT2D eigenvalue weighted by atomic mass is 16.2. The average molecular weight is 439 g/mol. The van der Waals surface area contributed by atoms with E-state index in [-0.39, 0.29) is 11.9 Å². The highest BCUT2D eigenvalue weighted by Crippen LogP contribution is 2.27. The molecule has 0 aromatic carbocycles. The summed E-state index contributed by atoms with van der Waals surface area (Å²) in [6.45, 7) is 8.22. The molecule has 2 aromatic heterocycles. The predicted octanol–water partition coefficient (Wildman–Crippen LogP) is 2.87.